The zero-order chi connectivity index (χ0) is 13.0. The van der Waals surface area contributed by atoms with Crippen LogP contribution in [0.4, 0.5) is 8.78 Å². The molecular formula is C14H16F2N2. The zero-order valence-corrected chi connectivity index (χ0v) is 10.7. The van der Waals surface area contributed by atoms with Crippen LogP contribution in [0.5, 0.6) is 0 Å². The van der Waals surface area contributed by atoms with Crippen molar-refractivity contribution in [3.05, 3.63) is 35.5 Å². The van der Waals surface area contributed by atoms with Gasteiger partial charge in [-0.25, -0.2) is 8.78 Å². The average molecular weight is 250 g/mol. The molecule has 0 unspecified atom stereocenters. The van der Waals surface area contributed by atoms with Crippen molar-refractivity contribution in [3.63, 3.8) is 0 Å². The molecule has 2 atom stereocenters. The Bertz CT molecular complexity index is 616. The number of aromatic nitrogens is 1. The van der Waals surface area contributed by atoms with Gasteiger partial charge >= 0.3 is 0 Å². The van der Waals surface area contributed by atoms with Gasteiger partial charge in [0.25, 0.3) is 0 Å². The molecule has 96 valence electrons. The van der Waals surface area contributed by atoms with Gasteiger partial charge in [-0.1, -0.05) is 6.92 Å². The number of nitrogens with zero attached hydrogens (tertiary/aromatic N) is 2. The fraction of sp³-hybridized carbons (Fsp3) is 0.429. The summed E-state index contributed by atoms with van der Waals surface area (Å²) in [5.41, 5.74) is 1.75. The van der Waals surface area contributed by atoms with Crippen LogP contribution < -0.4 is 0 Å². The summed E-state index contributed by atoms with van der Waals surface area (Å²) in [4.78, 5) is 2.14. The fourth-order valence-corrected chi connectivity index (χ4v) is 3.04. The van der Waals surface area contributed by atoms with Crippen LogP contribution in [0.2, 0.25) is 0 Å². The van der Waals surface area contributed by atoms with Crippen molar-refractivity contribution in [1.82, 2.24) is 9.47 Å². The maximum absolute atomic E-state index is 13.7. The highest BCUT2D eigenvalue weighted by atomic mass is 19.2. The Balaban J connectivity index is 2.29. The first kappa shape index (κ1) is 11.7. The lowest BCUT2D eigenvalue weighted by Crippen LogP contribution is -2.39. The van der Waals surface area contributed by atoms with Crippen LogP contribution in [0.3, 0.4) is 0 Å². The van der Waals surface area contributed by atoms with Gasteiger partial charge < -0.3 is 9.47 Å². The molecule has 0 saturated heterocycles. The van der Waals surface area contributed by atoms with Gasteiger partial charge in [0.05, 0.1) is 5.52 Å². The molecule has 0 saturated carbocycles. The number of benzene rings is 1. The predicted molar refractivity (Wildman–Crippen MR) is 67.7 cm³/mol. The third kappa shape index (κ3) is 1.42. The Kier molecular flexibility index (Phi) is 2.45. The highest BCUT2D eigenvalue weighted by Gasteiger charge is 2.30. The van der Waals surface area contributed by atoms with Crippen LogP contribution in [0, 0.1) is 11.6 Å². The lowest BCUT2D eigenvalue weighted by molar-refractivity contribution is 0.228. The van der Waals surface area contributed by atoms with Crippen LogP contribution in [-0.4, -0.2) is 29.6 Å². The van der Waals surface area contributed by atoms with Gasteiger partial charge in [0.15, 0.2) is 11.6 Å². The number of likely N-dealkylation sites (N-methyl/N-ethyl adjacent to an activating group) is 1. The van der Waals surface area contributed by atoms with E-state index in [-0.39, 0.29) is 5.92 Å². The largest absolute Gasteiger partial charge is 0.346 e. The molecule has 1 aliphatic heterocycles. The van der Waals surface area contributed by atoms with E-state index < -0.39 is 11.6 Å². The van der Waals surface area contributed by atoms with Crippen molar-refractivity contribution in [3.8, 4) is 0 Å². The first-order chi connectivity index (χ1) is 8.50. The van der Waals surface area contributed by atoms with E-state index >= 15 is 0 Å². The molecule has 2 nitrogen and oxygen atoms in total. The second kappa shape index (κ2) is 3.79. The van der Waals surface area contributed by atoms with Gasteiger partial charge in [0.1, 0.15) is 0 Å². The van der Waals surface area contributed by atoms with Gasteiger partial charge in [0, 0.05) is 30.1 Å². The molecule has 0 spiro atoms. The van der Waals surface area contributed by atoms with E-state index in [9.17, 15) is 8.78 Å². The minimum atomic E-state index is -0.749. The van der Waals surface area contributed by atoms with Crippen molar-refractivity contribution in [2.75, 3.05) is 14.1 Å². The van der Waals surface area contributed by atoms with Crippen LogP contribution in [0.25, 0.3) is 10.9 Å². The summed E-state index contributed by atoms with van der Waals surface area (Å²) >= 11 is 0. The summed E-state index contributed by atoms with van der Waals surface area (Å²) in [5, 5.41) is 0.397. The van der Waals surface area contributed by atoms with Crippen LogP contribution in [0.15, 0.2) is 18.3 Å². The number of halogens is 2. The molecule has 0 amide bonds. The average Bonchev–Trinajstić information content (AvgIpc) is 2.73. The second-order valence-electron chi connectivity index (χ2n) is 5.31. The Hall–Kier alpha value is -1.42. The smallest absolute Gasteiger partial charge is 0.168 e. The summed E-state index contributed by atoms with van der Waals surface area (Å²) in [6.45, 7) is 2.89. The standard InChI is InChI=1S/C14H16F2N2/c1-8-10-6-11(15)13(16)9-4-5-18(14(9)10)7-12(8)17(2)3/h4-6,8,12H,7H2,1-3H3/t8-,12+/m0/s1. The van der Waals surface area contributed by atoms with Gasteiger partial charge in [-0.2, -0.15) is 0 Å². The summed E-state index contributed by atoms with van der Waals surface area (Å²) in [7, 11) is 4.04. The maximum Gasteiger partial charge on any atom is 0.168 e. The molecule has 0 radical (unpaired) electrons. The Morgan fingerprint density at radius 2 is 2.06 bits per heavy atom. The third-order valence-electron chi connectivity index (χ3n) is 4.08. The van der Waals surface area contributed by atoms with E-state index in [1.54, 1.807) is 6.07 Å². The van der Waals surface area contributed by atoms with Gasteiger partial charge in [0.2, 0.25) is 0 Å². The lowest BCUT2D eigenvalue weighted by atomic mass is 9.88. The van der Waals surface area contributed by atoms with Crippen molar-refractivity contribution >= 4 is 10.9 Å². The molecule has 2 heterocycles. The lowest BCUT2D eigenvalue weighted by Gasteiger charge is -2.35. The second-order valence-corrected chi connectivity index (χ2v) is 5.31. The highest BCUT2D eigenvalue weighted by molar-refractivity contribution is 5.85. The molecule has 2 aromatic rings. The topological polar surface area (TPSA) is 8.17 Å². The molecule has 0 aliphatic carbocycles. The van der Waals surface area contributed by atoms with Crippen molar-refractivity contribution < 1.29 is 8.78 Å². The predicted octanol–water partition coefficient (Wildman–Crippen LogP) is 2.97. The molecule has 0 fully saturated rings. The van der Waals surface area contributed by atoms with E-state index in [0.29, 0.717) is 11.4 Å². The van der Waals surface area contributed by atoms with E-state index in [4.69, 9.17) is 0 Å². The van der Waals surface area contributed by atoms with Gasteiger partial charge in [-0.05, 0) is 31.8 Å². The molecular weight excluding hydrogens is 234 g/mol. The van der Waals surface area contributed by atoms with Crippen LogP contribution in [0.1, 0.15) is 18.4 Å². The maximum atomic E-state index is 13.7. The summed E-state index contributed by atoms with van der Waals surface area (Å²) in [5.74, 6) is -1.29. The quantitative estimate of drug-likeness (QED) is 0.755. The van der Waals surface area contributed by atoms with Crippen molar-refractivity contribution in [2.24, 2.45) is 0 Å². The van der Waals surface area contributed by atoms with E-state index in [1.165, 1.54) is 6.07 Å². The van der Waals surface area contributed by atoms with Crippen molar-refractivity contribution in [2.45, 2.75) is 25.4 Å². The van der Waals surface area contributed by atoms with E-state index in [1.807, 2.05) is 24.9 Å². The summed E-state index contributed by atoms with van der Waals surface area (Å²) < 4.78 is 29.4. The molecule has 18 heavy (non-hydrogen) atoms. The normalized spacial score (nSPS) is 23.0. The molecule has 1 aliphatic rings. The minimum absolute atomic E-state index is 0.194. The van der Waals surface area contributed by atoms with E-state index in [2.05, 4.69) is 11.8 Å². The summed E-state index contributed by atoms with van der Waals surface area (Å²) in [6, 6.07) is 3.33. The minimum Gasteiger partial charge on any atom is -0.346 e. The SMILES string of the molecule is C[C@H]1c2cc(F)c(F)c3ccn(c23)C[C@H]1N(C)C. The fourth-order valence-electron chi connectivity index (χ4n) is 3.04. The molecule has 0 N–H and O–H groups in total. The highest BCUT2D eigenvalue weighted by Crippen LogP contribution is 2.37. The molecule has 1 aromatic heterocycles. The first-order valence-electron chi connectivity index (χ1n) is 6.14. The number of hydrogen-bond donors (Lipinski definition) is 0. The van der Waals surface area contributed by atoms with Crippen LogP contribution >= 0.6 is 0 Å². The van der Waals surface area contributed by atoms with Crippen LogP contribution in [-0.2, 0) is 6.54 Å². The van der Waals surface area contributed by atoms with E-state index in [0.717, 1.165) is 17.6 Å². The molecule has 3 rings (SSSR count). The monoisotopic (exact) mass is 250 g/mol. The first-order valence-corrected chi connectivity index (χ1v) is 6.14. The van der Waals surface area contributed by atoms with Gasteiger partial charge in [-0.3, -0.25) is 0 Å². The molecule has 0 bridgehead atoms. The Morgan fingerprint density at radius 1 is 1.33 bits per heavy atom. The Morgan fingerprint density at radius 3 is 2.72 bits per heavy atom. The van der Waals surface area contributed by atoms with Gasteiger partial charge in [-0.15, -0.1) is 0 Å². The summed E-state index contributed by atoms with van der Waals surface area (Å²) in [6.07, 6.45) is 1.85. The Labute approximate surface area is 105 Å². The number of rotatable bonds is 1. The molecule has 4 heteroatoms. The zero-order valence-electron chi connectivity index (χ0n) is 10.7. The third-order valence-corrected chi connectivity index (χ3v) is 4.08. The number of hydrogen-bond acceptors (Lipinski definition) is 1. The van der Waals surface area contributed by atoms with Crippen molar-refractivity contribution in [1.29, 1.82) is 0 Å². The molecule has 1 aromatic carbocycles.